The molecule has 20 heavy (non-hydrogen) atoms. The van der Waals surface area contributed by atoms with Crippen LogP contribution in [0.15, 0.2) is 43.0 Å². The first-order valence-corrected chi connectivity index (χ1v) is 6.54. The first-order valence-electron chi connectivity index (χ1n) is 6.54. The predicted octanol–water partition coefficient (Wildman–Crippen LogP) is 2.06. The molecule has 0 saturated carbocycles. The molecule has 1 aliphatic heterocycles. The van der Waals surface area contributed by atoms with Gasteiger partial charge in [0.15, 0.2) is 5.82 Å². The Morgan fingerprint density at radius 2 is 2.25 bits per heavy atom. The lowest BCUT2D eigenvalue weighted by Crippen LogP contribution is -2.21. The molecule has 6 nitrogen and oxygen atoms in total. The van der Waals surface area contributed by atoms with Gasteiger partial charge in [-0.1, -0.05) is 18.2 Å². The molecule has 3 aromatic rings. The van der Waals surface area contributed by atoms with Gasteiger partial charge in [0, 0.05) is 24.4 Å². The van der Waals surface area contributed by atoms with E-state index in [4.69, 9.17) is 4.74 Å². The minimum absolute atomic E-state index is 0.176. The van der Waals surface area contributed by atoms with Gasteiger partial charge in [0.25, 0.3) is 0 Å². The van der Waals surface area contributed by atoms with Crippen molar-refractivity contribution in [1.29, 1.82) is 0 Å². The fourth-order valence-electron chi connectivity index (χ4n) is 2.52. The minimum Gasteiger partial charge on any atom is -0.493 e. The van der Waals surface area contributed by atoms with Crippen molar-refractivity contribution in [2.45, 2.75) is 12.5 Å². The highest BCUT2D eigenvalue weighted by molar-refractivity contribution is 5.62. The van der Waals surface area contributed by atoms with Crippen LogP contribution in [0, 0.1) is 0 Å². The van der Waals surface area contributed by atoms with Crippen molar-refractivity contribution >= 4 is 11.5 Å². The summed E-state index contributed by atoms with van der Waals surface area (Å²) in [5, 5.41) is 11.5. The van der Waals surface area contributed by atoms with E-state index in [1.54, 1.807) is 12.5 Å². The Morgan fingerprint density at radius 3 is 3.25 bits per heavy atom. The molecule has 1 atom stereocenters. The minimum atomic E-state index is 0.176. The summed E-state index contributed by atoms with van der Waals surface area (Å²) in [6.07, 6.45) is 6.14. The summed E-state index contributed by atoms with van der Waals surface area (Å²) in [4.78, 5) is 4.37. The second kappa shape index (κ2) is 4.48. The Morgan fingerprint density at radius 1 is 1.30 bits per heavy atom. The van der Waals surface area contributed by atoms with Gasteiger partial charge in [-0.25, -0.2) is 4.98 Å². The van der Waals surface area contributed by atoms with Gasteiger partial charge in [0.2, 0.25) is 5.65 Å². The lowest BCUT2D eigenvalue weighted by Gasteiger charge is -2.26. The smallest absolute Gasteiger partial charge is 0.203 e. The summed E-state index contributed by atoms with van der Waals surface area (Å²) in [7, 11) is 0. The molecule has 0 amide bonds. The number of para-hydroxylation sites is 1. The molecular weight excluding hydrogens is 254 g/mol. The summed E-state index contributed by atoms with van der Waals surface area (Å²) in [6, 6.07) is 8.26. The van der Waals surface area contributed by atoms with Crippen LogP contribution in [-0.2, 0) is 0 Å². The average Bonchev–Trinajstić information content (AvgIpc) is 2.97. The molecule has 0 spiro atoms. The van der Waals surface area contributed by atoms with E-state index in [0.29, 0.717) is 6.61 Å². The SMILES string of the molecule is c1ccc2c(c1)OCCC2Nc1nccn2cnnc12. The first kappa shape index (κ1) is 11.2. The molecule has 2 aromatic heterocycles. The zero-order valence-corrected chi connectivity index (χ0v) is 10.7. The lowest BCUT2D eigenvalue weighted by molar-refractivity contribution is 0.274. The Kier molecular flexibility index (Phi) is 2.51. The maximum atomic E-state index is 5.67. The highest BCUT2D eigenvalue weighted by atomic mass is 16.5. The summed E-state index contributed by atoms with van der Waals surface area (Å²) in [5.41, 5.74) is 1.89. The molecule has 0 fully saturated rings. The van der Waals surface area contributed by atoms with E-state index in [1.807, 2.05) is 28.8 Å². The van der Waals surface area contributed by atoms with Gasteiger partial charge in [-0.3, -0.25) is 4.40 Å². The van der Waals surface area contributed by atoms with Crippen molar-refractivity contribution in [2.75, 3.05) is 11.9 Å². The van der Waals surface area contributed by atoms with Crippen LogP contribution in [0.2, 0.25) is 0 Å². The highest BCUT2D eigenvalue weighted by Gasteiger charge is 2.22. The molecule has 0 aliphatic carbocycles. The summed E-state index contributed by atoms with van der Waals surface area (Å²) in [5.74, 6) is 1.68. The van der Waals surface area contributed by atoms with Crippen LogP contribution in [0.4, 0.5) is 5.82 Å². The van der Waals surface area contributed by atoms with Gasteiger partial charge in [0.05, 0.1) is 12.6 Å². The van der Waals surface area contributed by atoms with Gasteiger partial charge in [-0.05, 0) is 6.07 Å². The van der Waals surface area contributed by atoms with Crippen LogP contribution in [0.1, 0.15) is 18.0 Å². The quantitative estimate of drug-likeness (QED) is 0.770. The summed E-state index contributed by atoms with van der Waals surface area (Å²) >= 11 is 0. The number of rotatable bonds is 2. The van der Waals surface area contributed by atoms with Gasteiger partial charge in [-0.2, -0.15) is 0 Å². The monoisotopic (exact) mass is 267 g/mol. The normalized spacial score (nSPS) is 17.5. The lowest BCUT2D eigenvalue weighted by atomic mass is 10.0. The van der Waals surface area contributed by atoms with Gasteiger partial charge in [-0.15, -0.1) is 10.2 Å². The van der Waals surface area contributed by atoms with Crippen LogP contribution >= 0.6 is 0 Å². The number of ether oxygens (including phenoxy) is 1. The molecule has 1 aromatic carbocycles. The molecular formula is C14H13N5O. The number of fused-ring (bicyclic) bond motifs is 2. The third-order valence-corrected chi connectivity index (χ3v) is 3.49. The van der Waals surface area contributed by atoms with Gasteiger partial charge in [0.1, 0.15) is 12.1 Å². The van der Waals surface area contributed by atoms with Crippen molar-refractivity contribution in [2.24, 2.45) is 0 Å². The molecule has 100 valence electrons. The summed E-state index contributed by atoms with van der Waals surface area (Å²) in [6.45, 7) is 0.699. The van der Waals surface area contributed by atoms with E-state index in [2.05, 4.69) is 26.6 Å². The third-order valence-electron chi connectivity index (χ3n) is 3.49. The number of aromatic nitrogens is 4. The Balaban J connectivity index is 1.72. The van der Waals surface area contributed by atoms with E-state index >= 15 is 0 Å². The van der Waals surface area contributed by atoms with Crippen molar-refractivity contribution in [3.63, 3.8) is 0 Å². The fourth-order valence-corrected chi connectivity index (χ4v) is 2.52. The number of nitrogens with one attached hydrogen (secondary N) is 1. The second-order valence-electron chi connectivity index (χ2n) is 4.71. The molecule has 1 aliphatic rings. The van der Waals surface area contributed by atoms with Crippen LogP contribution < -0.4 is 10.1 Å². The van der Waals surface area contributed by atoms with E-state index < -0.39 is 0 Å². The first-order chi connectivity index (χ1) is 9.92. The maximum absolute atomic E-state index is 5.67. The van der Waals surface area contributed by atoms with Crippen molar-refractivity contribution in [3.05, 3.63) is 48.5 Å². The number of hydrogen-bond donors (Lipinski definition) is 1. The zero-order chi connectivity index (χ0) is 13.4. The van der Waals surface area contributed by atoms with Crippen LogP contribution in [0.3, 0.4) is 0 Å². The molecule has 1 N–H and O–H groups in total. The Hall–Kier alpha value is -2.63. The van der Waals surface area contributed by atoms with Crippen LogP contribution in [0.25, 0.3) is 5.65 Å². The fraction of sp³-hybridized carbons (Fsp3) is 0.214. The molecule has 4 rings (SSSR count). The number of nitrogens with zero attached hydrogens (tertiary/aromatic N) is 4. The average molecular weight is 267 g/mol. The van der Waals surface area contributed by atoms with Crippen molar-refractivity contribution < 1.29 is 4.74 Å². The van der Waals surface area contributed by atoms with Gasteiger partial charge >= 0.3 is 0 Å². The van der Waals surface area contributed by atoms with E-state index in [9.17, 15) is 0 Å². The van der Waals surface area contributed by atoms with Crippen LogP contribution in [-0.4, -0.2) is 26.2 Å². The highest BCUT2D eigenvalue weighted by Crippen LogP contribution is 2.34. The second-order valence-corrected chi connectivity index (χ2v) is 4.71. The standard InChI is InChI=1S/C14H13N5O/c1-2-4-12-10(3-1)11(5-8-20-12)17-13-14-18-16-9-19(14)7-6-15-13/h1-4,6-7,9,11H,5,8H2,(H,15,17). The zero-order valence-electron chi connectivity index (χ0n) is 10.7. The Bertz CT molecular complexity index is 754. The molecule has 1 unspecified atom stereocenters. The third kappa shape index (κ3) is 1.77. The van der Waals surface area contributed by atoms with Crippen LogP contribution in [0.5, 0.6) is 5.75 Å². The maximum Gasteiger partial charge on any atom is 0.203 e. The van der Waals surface area contributed by atoms with Crippen molar-refractivity contribution in [3.8, 4) is 5.75 Å². The largest absolute Gasteiger partial charge is 0.493 e. The van der Waals surface area contributed by atoms with Gasteiger partial charge < -0.3 is 10.1 Å². The summed E-state index contributed by atoms with van der Waals surface area (Å²) < 4.78 is 7.52. The molecule has 0 saturated heterocycles. The van der Waals surface area contributed by atoms with E-state index in [0.717, 1.165) is 29.2 Å². The number of anilines is 1. The van der Waals surface area contributed by atoms with Crippen molar-refractivity contribution in [1.82, 2.24) is 19.6 Å². The Labute approximate surface area is 115 Å². The van der Waals surface area contributed by atoms with E-state index in [-0.39, 0.29) is 6.04 Å². The van der Waals surface area contributed by atoms with E-state index in [1.165, 1.54) is 0 Å². The molecule has 3 heterocycles. The molecule has 0 bridgehead atoms. The number of hydrogen-bond acceptors (Lipinski definition) is 5. The predicted molar refractivity (Wildman–Crippen MR) is 73.7 cm³/mol. The molecule has 6 heteroatoms. The number of benzene rings is 1. The molecule has 0 radical (unpaired) electrons. The topological polar surface area (TPSA) is 64.3 Å².